The lowest BCUT2D eigenvalue weighted by molar-refractivity contribution is 0.593. The van der Waals surface area contributed by atoms with E-state index >= 15 is 0 Å². The van der Waals surface area contributed by atoms with Crippen LogP contribution in [0.4, 0.5) is 10.2 Å². The summed E-state index contributed by atoms with van der Waals surface area (Å²) in [5.74, 6) is -0.783. The van der Waals surface area contributed by atoms with E-state index in [2.05, 4.69) is 14.9 Å². The number of aromatic nitrogens is 2. The molecule has 0 saturated carbocycles. The number of hydrogen-bond acceptors (Lipinski definition) is 5. The van der Waals surface area contributed by atoms with Crippen molar-refractivity contribution in [1.29, 1.82) is 0 Å². The highest BCUT2D eigenvalue weighted by molar-refractivity contribution is 7.92. The number of benzene rings is 1. The van der Waals surface area contributed by atoms with Crippen LogP contribution in [0.5, 0.6) is 0 Å². The molecule has 1 heterocycles. The Morgan fingerprint density at radius 3 is 2.65 bits per heavy atom. The largest absolute Gasteiger partial charge is 0.326 e. The monoisotopic (exact) mass is 298 g/mol. The minimum Gasteiger partial charge on any atom is -0.326 e. The van der Waals surface area contributed by atoms with Crippen molar-refractivity contribution in [2.24, 2.45) is 5.73 Å². The van der Waals surface area contributed by atoms with Crippen molar-refractivity contribution in [3.63, 3.8) is 0 Å². The van der Waals surface area contributed by atoms with Crippen molar-refractivity contribution in [2.45, 2.75) is 11.4 Å². The third-order valence-electron chi connectivity index (χ3n) is 2.46. The maximum absolute atomic E-state index is 13.2. The van der Waals surface area contributed by atoms with Crippen molar-refractivity contribution in [1.82, 2.24) is 10.2 Å². The molecule has 0 fully saturated rings. The molecule has 0 aliphatic carbocycles. The zero-order valence-corrected chi connectivity index (χ0v) is 10.9. The first-order valence-corrected chi connectivity index (χ1v) is 6.98. The minimum absolute atomic E-state index is 0.0599. The highest BCUT2D eigenvalue weighted by Crippen LogP contribution is 2.19. The van der Waals surface area contributed by atoms with Crippen molar-refractivity contribution in [2.75, 3.05) is 4.72 Å². The molecule has 0 spiro atoms. The molecule has 9 heteroatoms. The quantitative estimate of drug-likeness (QED) is 0.743. The Morgan fingerprint density at radius 1 is 1.30 bits per heavy atom. The highest BCUT2D eigenvalue weighted by atomic mass is 32.2. The average Bonchev–Trinajstić information content (AvgIpc) is 2.41. The molecule has 2 aromatic rings. The lowest BCUT2D eigenvalue weighted by Crippen LogP contribution is -2.18. The molecular weight excluding hydrogens is 287 g/mol. The second kappa shape index (κ2) is 5.39. The van der Waals surface area contributed by atoms with Crippen LogP contribution < -0.4 is 16.0 Å². The lowest BCUT2D eigenvalue weighted by atomic mass is 10.2. The summed E-state index contributed by atoms with van der Waals surface area (Å²) in [4.78, 5) is 10.6. The van der Waals surface area contributed by atoms with Gasteiger partial charge in [0.05, 0.1) is 4.90 Å². The SMILES string of the molecule is NCc1ccc(F)cc1S(=O)(=O)Nc1ccc(=O)[nH]n1. The lowest BCUT2D eigenvalue weighted by Gasteiger charge is -2.10. The number of aromatic amines is 1. The summed E-state index contributed by atoms with van der Waals surface area (Å²) in [6.07, 6.45) is 0. The molecule has 0 radical (unpaired) electrons. The number of rotatable bonds is 4. The molecule has 0 saturated heterocycles. The first kappa shape index (κ1) is 14.2. The molecule has 7 nitrogen and oxygen atoms in total. The molecule has 0 amide bonds. The number of nitrogens with two attached hydrogens (primary N) is 1. The van der Waals surface area contributed by atoms with Crippen LogP contribution in [-0.2, 0) is 16.6 Å². The number of anilines is 1. The van der Waals surface area contributed by atoms with E-state index in [1.54, 1.807) is 0 Å². The maximum Gasteiger partial charge on any atom is 0.264 e. The second-order valence-electron chi connectivity index (χ2n) is 3.87. The van der Waals surface area contributed by atoms with Gasteiger partial charge in [-0.25, -0.2) is 17.9 Å². The molecular formula is C11H11FN4O3S. The van der Waals surface area contributed by atoms with Crippen molar-refractivity contribution in [3.8, 4) is 0 Å². The van der Waals surface area contributed by atoms with Gasteiger partial charge in [0, 0.05) is 12.6 Å². The van der Waals surface area contributed by atoms with Crippen LogP contribution in [0.25, 0.3) is 0 Å². The highest BCUT2D eigenvalue weighted by Gasteiger charge is 2.19. The fourth-order valence-electron chi connectivity index (χ4n) is 1.54. The first-order valence-electron chi connectivity index (χ1n) is 5.49. The van der Waals surface area contributed by atoms with Gasteiger partial charge >= 0.3 is 0 Å². The summed E-state index contributed by atoms with van der Waals surface area (Å²) in [5.41, 5.74) is 5.23. The number of hydrogen-bond donors (Lipinski definition) is 3. The Kier molecular flexibility index (Phi) is 3.81. The molecule has 0 aliphatic heterocycles. The smallest absolute Gasteiger partial charge is 0.264 e. The second-order valence-corrected chi connectivity index (χ2v) is 5.52. The molecule has 4 N–H and O–H groups in total. The Morgan fingerprint density at radius 2 is 2.05 bits per heavy atom. The van der Waals surface area contributed by atoms with Crippen LogP contribution in [0.15, 0.2) is 40.0 Å². The van der Waals surface area contributed by atoms with Gasteiger partial charge in [0.1, 0.15) is 5.82 Å². The fourth-order valence-corrected chi connectivity index (χ4v) is 2.80. The molecule has 2 rings (SSSR count). The van der Waals surface area contributed by atoms with Gasteiger partial charge in [0.25, 0.3) is 15.6 Å². The van der Waals surface area contributed by atoms with Crippen LogP contribution in [-0.4, -0.2) is 18.6 Å². The van der Waals surface area contributed by atoms with Crippen molar-refractivity contribution >= 4 is 15.8 Å². The van der Waals surface area contributed by atoms with E-state index in [0.717, 1.165) is 18.2 Å². The first-order chi connectivity index (χ1) is 9.42. The predicted molar refractivity (Wildman–Crippen MR) is 70.0 cm³/mol. The molecule has 1 aromatic carbocycles. The molecule has 1 aromatic heterocycles. The number of nitrogens with zero attached hydrogens (tertiary/aromatic N) is 1. The minimum atomic E-state index is -4.05. The van der Waals surface area contributed by atoms with E-state index in [4.69, 9.17) is 5.73 Å². The zero-order chi connectivity index (χ0) is 14.8. The van der Waals surface area contributed by atoms with E-state index in [0.29, 0.717) is 0 Å². The molecule has 0 aliphatic rings. The van der Waals surface area contributed by atoms with E-state index in [1.807, 2.05) is 0 Å². The van der Waals surface area contributed by atoms with E-state index in [1.165, 1.54) is 12.1 Å². The van der Waals surface area contributed by atoms with Gasteiger partial charge in [0.15, 0.2) is 5.82 Å². The number of nitrogens with one attached hydrogen (secondary N) is 2. The van der Waals surface area contributed by atoms with Crippen molar-refractivity contribution < 1.29 is 12.8 Å². The van der Waals surface area contributed by atoms with Gasteiger partial charge in [-0.1, -0.05) is 6.07 Å². The summed E-state index contributed by atoms with van der Waals surface area (Å²) < 4.78 is 39.6. The number of halogens is 1. The summed E-state index contributed by atoms with van der Waals surface area (Å²) in [6, 6.07) is 5.60. The Balaban J connectivity index is 2.42. The molecule has 0 bridgehead atoms. The Labute approximate surface area is 113 Å². The van der Waals surface area contributed by atoms with Crippen LogP contribution in [0.3, 0.4) is 0 Å². The van der Waals surface area contributed by atoms with Crippen LogP contribution in [0.1, 0.15) is 5.56 Å². The van der Waals surface area contributed by atoms with Gasteiger partial charge in [0.2, 0.25) is 0 Å². The topological polar surface area (TPSA) is 118 Å². The third kappa shape index (κ3) is 3.00. The van der Waals surface area contributed by atoms with Crippen LogP contribution in [0, 0.1) is 5.82 Å². The van der Waals surface area contributed by atoms with Gasteiger partial charge in [-0.3, -0.25) is 9.52 Å². The fraction of sp³-hybridized carbons (Fsp3) is 0.0909. The summed E-state index contributed by atoms with van der Waals surface area (Å²) in [6.45, 7) is -0.0599. The van der Waals surface area contributed by atoms with Crippen LogP contribution in [0.2, 0.25) is 0 Å². The number of sulfonamides is 1. The van der Waals surface area contributed by atoms with E-state index in [-0.39, 0.29) is 22.8 Å². The molecule has 20 heavy (non-hydrogen) atoms. The molecule has 106 valence electrons. The number of H-pyrrole nitrogens is 1. The Bertz CT molecular complexity index is 768. The van der Waals surface area contributed by atoms with Crippen molar-refractivity contribution in [3.05, 3.63) is 52.1 Å². The third-order valence-corrected chi connectivity index (χ3v) is 3.89. The summed E-state index contributed by atoms with van der Waals surface area (Å²) in [5, 5.41) is 5.60. The van der Waals surface area contributed by atoms with Gasteiger partial charge in [-0.15, -0.1) is 0 Å². The van der Waals surface area contributed by atoms with Gasteiger partial charge in [-0.2, -0.15) is 5.10 Å². The molecule has 0 atom stereocenters. The Hall–Kier alpha value is -2.26. The molecule has 0 unspecified atom stereocenters. The summed E-state index contributed by atoms with van der Waals surface area (Å²) in [7, 11) is -4.05. The van der Waals surface area contributed by atoms with E-state index in [9.17, 15) is 17.6 Å². The van der Waals surface area contributed by atoms with Gasteiger partial charge in [-0.05, 0) is 23.8 Å². The average molecular weight is 298 g/mol. The predicted octanol–water partition coefficient (Wildman–Crippen LogP) is 0.168. The normalized spacial score (nSPS) is 11.3. The van der Waals surface area contributed by atoms with E-state index < -0.39 is 21.4 Å². The maximum atomic E-state index is 13.2. The zero-order valence-electron chi connectivity index (χ0n) is 10.1. The van der Waals surface area contributed by atoms with Gasteiger partial charge < -0.3 is 5.73 Å². The standard InChI is InChI=1S/C11H11FN4O3S/c12-8-2-1-7(6-13)9(5-8)20(18,19)16-10-3-4-11(17)15-14-10/h1-5H,6,13H2,(H,14,16)(H,15,17). The summed E-state index contributed by atoms with van der Waals surface area (Å²) >= 11 is 0. The van der Waals surface area contributed by atoms with Crippen LogP contribution >= 0.6 is 0 Å².